The number of halogens is 2. The van der Waals surface area contributed by atoms with Gasteiger partial charge in [0.15, 0.2) is 0 Å². The summed E-state index contributed by atoms with van der Waals surface area (Å²) in [5.41, 5.74) is 0.976. The van der Waals surface area contributed by atoms with Gasteiger partial charge in [0.05, 0.1) is 0 Å². The van der Waals surface area contributed by atoms with Crippen molar-refractivity contribution in [2.24, 2.45) is 0 Å². The van der Waals surface area contributed by atoms with Crippen molar-refractivity contribution < 1.29 is 0 Å². The summed E-state index contributed by atoms with van der Waals surface area (Å²) in [5, 5.41) is 0. The second-order valence-electron chi connectivity index (χ2n) is 2.12. The summed E-state index contributed by atoms with van der Waals surface area (Å²) in [7, 11) is 0. The van der Waals surface area contributed by atoms with Crippen LogP contribution in [0.15, 0.2) is 29.0 Å². The first-order valence-corrected chi connectivity index (χ1v) is 4.94. The molecule has 2 rings (SSSR count). The summed E-state index contributed by atoms with van der Waals surface area (Å²) in [4.78, 5) is 4.28. The van der Waals surface area contributed by atoms with Gasteiger partial charge in [-0.25, -0.2) is 4.98 Å². The Hall–Kier alpha value is -0.100. The van der Waals surface area contributed by atoms with Crippen LogP contribution in [-0.4, -0.2) is 9.38 Å². The first kappa shape index (κ1) is 7.54. The van der Waals surface area contributed by atoms with Crippen molar-refractivity contribution >= 4 is 44.2 Å². The maximum atomic E-state index is 4.28. The van der Waals surface area contributed by atoms with Crippen molar-refractivity contribution in [2.45, 2.75) is 0 Å². The predicted octanol–water partition coefficient (Wildman–Crippen LogP) is 2.70. The van der Waals surface area contributed by atoms with Crippen LogP contribution in [-0.2, 0) is 0 Å². The molecule has 56 valence electrons. The number of rotatable bonds is 0. The molecule has 0 radical (unpaired) electrons. The molecule has 2 heterocycles. The molecular formula is C7H4BrIN2. The van der Waals surface area contributed by atoms with Crippen LogP contribution < -0.4 is 0 Å². The summed E-state index contributed by atoms with van der Waals surface area (Å²) < 4.78 is 4.05. The normalized spacial score (nSPS) is 10.7. The lowest BCUT2D eigenvalue weighted by atomic mass is 10.5. The van der Waals surface area contributed by atoms with Gasteiger partial charge in [0.25, 0.3) is 0 Å². The van der Waals surface area contributed by atoms with E-state index >= 15 is 0 Å². The maximum absolute atomic E-state index is 4.28. The Bertz CT molecular complexity index is 396. The van der Waals surface area contributed by atoms with Crippen LogP contribution in [0.3, 0.4) is 0 Å². The van der Waals surface area contributed by atoms with E-state index in [1.54, 1.807) is 0 Å². The molecule has 2 aromatic rings. The summed E-state index contributed by atoms with van der Waals surface area (Å²) >= 11 is 5.62. The number of aromatic nitrogens is 2. The van der Waals surface area contributed by atoms with Crippen molar-refractivity contribution in [1.29, 1.82) is 0 Å². The van der Waals surface area contributed by atoms with Gasteiger partial charge in [-0.15, -0.1) is 0 Å². The van der Waals surface area contributed by atoms with Gasteiger partial charge in [-0.3, -0.25) is 4.40 Å². The summed E-state index contributed by atoms with van der Waals surface area (Å²) in [6, 6.07) is 5.95. The Morgan fingerprint density at radius 3 is 3.00 bits per heavy atom. The fourth-order valence-corrected chi connectivity index (χ4v) is 1.84. The van der Waals surface area contributed by atoms with E-state index in [1.807, 2.05) is 28.8 Å². The second-order valence-corrected chi connectivity index (χ2v) is 3.90. The zero-order valence-corrected chi connectivity index (χ0v) is 9.20. The summed E-state index contributed by atoms with van der Waals surface area (Å²) in [6.45, 7) is 0. The maximum Gasteiger partial charge on any atom is 0.138 e. The molecule has 0 atom stereocenters. The lowest BCUT2D eigenvalue weighted by Gasteiger charge is -1.90. The smallest absolute Gasteiger partial charge is 0.138 e. The van der Waals surface area contributed by atoms with Crippen LogP contribution in [0.25, 0.3) is 5.65 Å². The third-order valence-electron chi connectivity index (χ3n) is 1.43. The van der Waals surface area contributed by atoms with Gasteiger partial charge >= 0.3 is 0 Å². The average molecular weight is 323 g/mol. The summed E-state index contributed by atoms with van der Waals surface area (Å²) in [5.74, 6) is 0. The van der Waals surface area contributed by atoms with Gasteiger partial charge in [-0.05, 0) is 50.7 Å². The van der Waals surface area contributed by atoms with Gasteiger partial charge < -0.3 is 0 Å². The highest BCUT2D eigenvalue weighted by Gasteiger charge is 2.03. The Morgan fingerprint density at radius 2 is 2.27 bits per heavy atom. The third kappa shape index (κ3) is 1.18. The van der Waals surface area contributed by atoms with Gasteiger partial charge in [-0.2, -0.15) is 0 Å². The lowest BCUT2D eigenvalue weighted by molar-refractivity contribution is 1.15. The van der Waals surface area contributed by atoms with Crippen LogP contribution >= 0.6 is 38.5 Å². The first-order chi connectivity index (χ1) is 5.29. The standard InChI is InChI=1S/C7H4BrIN2/c8-6-7(9)11-4-2-1-3-5(11)10-6/h1-4H. The van der Waals surface area contributed by atoms with Gasteiger partial charge in [0.2, 0.25) is 0 Å². The van der Waals surface area contributed by atoms with E-state index < -0.39 is 0 Å². The number of fused-ring (bicyclic) bond motifs is 1. The fourth-order valence-electron chi connectivity index (χ4n) is 0.937. The van der Waals surface area contributed by atoms with Crippen LogP contribution in [0.5, 0.6) is 0 Å². The lowest BCUT2D eigenvalue weighted by Crippen LogP contribution is -1.83. The minimum absolute atomic E-state index is 0.907. The molecule has 0 aliphatic heterocycles. The van der Waals surface area contributed by atoms with Crippen LogP contribution in [0.2, 0.25) is 0 Å². The molecule has 0 fully saturated rings. The third-order valence-corrected chi connectivity index (χ3v) is 3.76. The van der Waals surface area contributed by atoms with Crippen LogP contribution in [0, 0.1) is 3.70 Å². The van der Waals surface area contributed by atoms with Gasteiger partial charge in [0, 0.05) is 6.20 Å². The van der Waals surface area contributed by atoms with Crippen LogP contribution in [0.4, 0.5) is 0 Å². The van der Waals surface area contributed by atoms with Gasteiger partial charge in [0.1, 0.15) is 14.0 Å². The first-order valence-electron chi connectivity index (χ1n) is 3.07. The van der Waals surface area contributed by atoms with Crippen LogP contribution in [0.1, 0.15) is 0 Å². The number of nitrogens with zero attached hydrogens (tertiary/aromatic N) is 2. The molecule has 11 heavy (non-hydrogen) atoms. The van der Waals surface area contributed by atoms with Crippen molar-refractivity contribution in [2.75, 3.05) is 0 Å². The molecule has 2 nitrogen and oxygen atoms in total. The van der Waals surface area contributed by atoms with E-state index in [0.29, 0.717) is 0 Å². The minimum atomic E-state index is 0.907. The van der Waals surface area contributed by atoms with Crippen molar-refractivity contribution in [3.63, 3.8) is 0 Å². The largest absolute Gasteiger partial charge is 0.294 e. The SMILES string of the molecule is Brc1nc2ccccn2c1I. The zero-order chi connectivity index (χ0) is 7.84. The molecular weight excluding hydrogens is 319 g/mol. The van der Waals surface area contributed by atoms with E-state index in [0.717, 1.165) is 14.0 Å². The monoisotopic (exact) mass is 322 g/mol. The van der Waals surface area contributed by atoms with Crippen molar-refractivity contribution in [3.05, 3.63) is 32.7 Å². The number of hydrogen-bond acceptors (Lipinski definition) is 1. The Labute approximate surface area is 85.9 Å². The average Bonchev–Trinajstić information content (AvgIpc) is 2.30. The highest BCUT2D eigenvalue weighted by atomic mass is 127. The second kappa shape index (κ2) is 2.75. The Balaban J connectivity index is 2.92. The zero-order valence-electron chi connectivity index (χ0n) is 5.46. The molecule has 0 saturated heterocycles. The number of pyridine rings is 1. The quantitative estimate of drug-likeness (QED) is 0.682. The topological polar surface area (TPSA) is 17.3 Å². The predicted molar refractivity (Wildman–Crippen MR) is 55.6 cm³/mol. The van der Waals surface area contributed by atoms with E-state index in [1.165, 1.54) is 0 Å². The minimum Gasteiger partial charge on any atom is -0.294 e. The molecule has 0 amide bonds. The molecule has 0 aromatic carbocycles. The molecule has 4 heteroatoms. The van der Waals surface area contributed by atoms with E-state index in [2.05, 4.69) is 43.5 Å². The molecule has 0 N–H and O–H groups in total. The van der Waals surface area contributed by atoms with Gasteiger partial charge in [-0.1, -0.05) is 6.07 Å². The molecule has 0 aliphatic carbocycles. The molecule has 2 aromatic heterocycles. The highest BCUT2D eigenvalue weighted by molar-refractivity contribution is 14.1. The Kier molecular flexibility index (Phi) is 1.88. The Morgan fingerprint density at radius 1 is 1.45 bits per heavy atom. The number of hydrogen-bond donors (Lipinski definition) is 0. The van der Waals surface area contributed by atoms with E-state index in [9.17, 15) is 0 Å². The van der Waals surface area contributed by atoms with E-state index in [-0.39, 0.29) is 0 Å². The molecule has 0 unspecified atom stereocenters. The molecule has 0 spiro atoms. The van der Waals surface area contributed by atoms with Crippen molar-refractivity contribution in [1.82, 2.24) is 9.38 Å². The summed E-state index contributed by atoms with van der Waals surface area (Å²) in [6.07, 6.45) is 1.99. The molecule has 0 bridgehead atoms. The number of imidazole rings is 1. The highest BCUT2D eigenvalue weighted by Crippen LogP contribution is 2.19. The van der Waals surface area contributed by atoms with E-state index in [4.69, 9.17) is 0 Å². The molecule has 0 aliphatic rings. The van der Waals surface area contributed by atoms with Crippen molar-refractivity contribution in [3.8, 4) is 0 Å². The molecule has 0 saturated carbocycles. The fraction of sp³-hybridized carbons (Fsp3) is 0.